The third-order valence-electron chi connectivity index (χ3n) is 3.73. The van der Waals surface area contributed by atoms with E-state index in [1.165, 1.54) is 11.8 Å². The molecule has 0 saturated heterocycles. The summed E-state index contributed by atoms with van der Waals surface area (Å²) in [7, 11) is 0. The van der Waals surface area contributed by atoms with Crippen LogP contribution >= 0.6 is 23.4 Å². The van der Waals surface area contributed by atoms with Crippen molar-refractivity contribution >= 4 is 46.6 Å². The minimum absolute atomic E-state index is 0.0653. The minimum Gasteiger partial charge on any atom is -0.484 e. The smallest absolute Gasteiger partial charge is 0.262 e. The second-order valence-corrected chi connectivity index (χ2v) is 7.51. The van der Waals surface area contributed by atoms with Crippen LogP contribution in [0, 0.1) is 0 Å². The normalized spacial score (nSPS) is 10.2. The zero-order valence-corrected chi connectivity index (χ0v) is 17.0. The molecule has 0 atom stereocenters. The van der Waals surface area contributed by atoms with Crippen LogP contribution in [0.15, 0.2) is 83.8 Å². The molecular formula is C22H19ClN2O3S. The first-order chi connectivity index (χ1) is 14.1. The first kappa shape index (κ1) is 20.8. The molecule has 7 heteroatoms. The highest BCUT2D eigenvalue weighted by Crippen LogP contribution is 2.21. The fraction of sp³-hybridized carbons (Fsp3) is 0.0909. The molecule has 3 aromatic carbocycles. The summed E-state index contributed by atoms with van der Waals surface area (Å²) in [5, 5.41) is 6.15. The topological polar surface area (TPSA) is 67.4 Å². The number of anilines is 2. The Balaban J connectivity index is 1.42. The maximum absolute atomic E-state index is 12.1. The SMILES string of the molecule is O=C(COc1ccccc1)Nc1ccc(SCC(=O)Nc2cccc(Cl)c2)cc1. The number of rotatable bonds is 8. The van der Waals surface area contributed by atoms with Crippen molar-refractivity contribution in [3.05, 3.63) is 83.9 Å². The molecule has 29 heavy (non-hydrogen) atoms. The summed E-state index contributed by atoms with van der Waals surface area (Å²) >= 11 is 7.31. The Morgan fingerprint density at radius 2 is 1.55 bits per heavy atom. The van der Waals surface area contributed by atoms with E-state index in [2.05, 4.69) is 10.6 Å². The molecule has 0 unspecified atom stereocenters. The molecule has 0 aliphatic heterocycles. The molecule has 0 bridgehead atoms. The molecule has 0 heterocycles. The molecule has 3 rings (SSSR count). The summed E-state index contributed by atoms with van der Waals surface area (Å²) in [5.74, 6) is 0.552. The van der Waals surface area contributed by atoms with E-state index in [4.69, 9.17) is 16.3 Å². The molecule has 2 N–H and O–H groups in total. The molecule has 2 amide bonds. The van der Waals surface area contributed by atoms with Gasteiger partial charge >= 0.3 is 0 Å². The number of benzene rings is 3. The van der Waals surface area contributed by atoms with Crippen molar-refractivity contribution in [3.63, 3.8) is 0 Å². The second-order valence-electron chi connectivity index (χ2n) is 6.02. The number of hydrogen-bond donors (Lipinski definition) is 2. The molecule has 0 aliphatic carbocycles. The lowest BCUT2D eigenvalue weighted by Crippen LogP contribution is -2.20. The van der Waals surface area contributed by atoms with Gasteiger partial charge in [-0.25, -0.2) is 0 Å². The molecule has 3 aromatic rings. The maximum atomic E-state index is 12.1. The lowest BCUT2D eigenvalue weighted by atomic mass is 10.3. The number of thioether (sulfide) groups is 1. The predicted molar refractivity (Wildman–Crippen MR) is 118 cm³/mol. The molecule has 0 radical (unpaired) electrons. The monoisotopic (exact) mass is 426 g/mol. The summed E-state index contributed by atoms with van der Waals surface area (Å²) in [4.78, 5) is 25.0. The van der Waals surface area contributed by atoms with Gasteiger partial charge in [0.2, 0.25) is 5.91 Å². The van der Waals surface area contributed by atoms with E-state index < -0.39 is 0 Å². The fourth-order valence-electron chi connectivity index (χ4n) is 2.41. The summed E-state index contributed by atoms with van der Waals surface area (Å²) in [6, 6.07) is 23.5. The van der Waals surface area contributed by atoms with Gasteiger partial charge < -0.3 is 15.4 Å². The standard InChI is InChI=1S/C22H19ClN2O3S/c23-16-5-4-6-18(13-16)25-22(27)15-29-20-11-9-17(10-12-20)24-21(26)14-28-19-7-2-1-3-8-19/h1-13H,14-15H2,(H,24,26)(H,25,27). The van der Waals surface area contributed by atoms with Gasteiger partial charge in [-0.05, 0) is 54.6 Å². The van der Waals surface area contributed by atoms with Gasteiger partial charge in [0.1, 0.15) is 5.75 Å². The summed E-state index contributed by atoms with van der Waals surface area (Å²) in [5.41, 5.74) is 1.33. The molecule has 148 valence electrons. The Kier molecular flexibility index (Phi) is 7.55. The van der Waals surface area contributed by atoms with Gasteiger partial charge in [0.15, 0.2) is 6.61 Å². The highest BCUT2D eigenvalue weighted by molar-refractivity contribution is 8.00. The molecule has 0 spiro atoms. The molecule has 0 aromatic heterocycles. The number of para-hydroxylation sites is 1. The van der Waals surface area contributed by atoms with Crippen molar-refractivity contribution in [1.29, 1.82) is 0 Å². The van der Waals surface area contributed by atoms with Crippen LogP contribution in [0.5, 0.6) is 5.75 Å². The van der Waals surface area contributed by atoms with Gasteiger partial charge in [-0.3, -0.25) is 9.59 Å². The van der Waals surface area contributed by atoms with Crippen LogP contribution in [0.3, 0.4) is 0 Å². The average molecular weight is 427 g/mol. The van der Waals surface area contributed by atoms with Crippen LogP contribution in [0.2, 0.25) is 5.02 Å². The van der Waals surface area contributed by atoms with Crippen LogP contribution < -0.4 is 15.4 Å². The van der Waals surface area contributed by atoms with Crippen molar-refractivity contribution in [2.45, 2.75) is 4.90 Å². The zero-order valence-electron chi connectivity index (χ0n) is 15.4. The predicted octanol–water partition coefficient (Wildman–Crippen LogP) is 5.09. The lowest BCUT2D eigenvalue weighted by Gasteiger charge is -2.08. The van der Waals surface area contributed by atoms with E-state index in [-0.39, 0.29) is 24.2 Å². The van der Waals surface area contributed by atoms with Crippen molar-refractivity contribution in [2.24, 2.45) is 0 Å². The highest BCUT2D eigenvalue weighted by Gasteiger charge is 2.06. The van der Waals surface area contributed by atoms with E-state index in [1.54, 1.807) is 48.5 Å². The van der Waals surface area contributed by atoms with Crippen molar-refractivity contribution in [2.75, 3.05) is 23.0 Å². The van der Waals surface area contributed by atoms with Crippen molar-refractivity contribution in [1.82, 2.24) is 0 Å². The Morgan fingerprint density at radius 1 is 0.828 bits per heavy atom. The van der Waals surface area contributed by atoms with Gasteiger partial charge in [0.25, 0.3) is 5.91 Å². The van der Waals surface area contributed by atoms with Crippen molar-refractivity contribution < 1.29 is 14.3 Å². The molecular weight excluding hydrogens is 408 g/mol. The summed E-state index contributed by atoms with van der Waals surface area (Å²) in [6.45, 7) is -0.0653. The number of ether oxygens (including phenoxy) is 1. The van der Waals surface area contributed by atoms with Crippen molar-refractivity contribution in [3.8, 4) is 5.75 Å². The number of carbonyl (C=O) groups is 2. The Morgan fingerprint density at radius 3 is 2.28 bits per heavy atom. The fourth-order valence-corrected chi connectivity index (χ4v) is 3.30. The maximum Gasteiger partial charge on any atom is 0.262 e. The van der Waals surface area contributed by atoms with Gasteiger partial charge in [0.05, 0.1) is 5.75 Å². The largest absolute Gasteiger partial charge is 0.484 e. The quantitative estimate of drug-likeness (QED) is 0.492. The summed E-state index contributed by atoms with van der Waals surface area (Å²) < 4.78 is 5.42. The number of nitrogens with one attached hydrogen (secondary N) is 2. The van der Waals surface area contributed by atoms with E-state index >= 15 is 0 Å². The van der Waals surface area contributed by atoms with E-state index in [9.17, 15) is 9.59 Å². The van der Waals surface area contributed by atoms with Gasteiger partial charge in [-0.15, -0.1) is 11.8 Å². The van der Waals surface area contributed by atoms with Crippen LogP contribution in [-0.2, 0) is 9.59 Å². The molecule has 0 saturated carbocycles. The third-order valence-corrected chi connectivity index (χ3v) is 4.98. The van der Waals surface area contributed by atoms with E-state index in [1.807, 2.05) is 30.3 Å². The first-order valence-electron chi connectivity index (χ1n) is 8.84. The first-order valence-corrected chi connectivity index (χ1v) is 10.2. The lowest BCUT2D eigenvalue weighted by molar-refractivity contribution is -0.118. The number of hydrogen-bond acceptors (Lipinski definition) is 4. The highest BCUT2D eigenvalue weighted by atomic mass is 35.5. The number of amides is 2. The van der Waals surface area contributed by atoms with Crippen LogP contribution in [0.25, 0.3) is 0 Å². The van der Waals surface area contributed by atoms with Crippen LogP contribution in [-0.4, -0.2) is 24.2 Å². The Labute approximate surface area is 178 Å². The van der Waals surface area contributed by atoms with Crippen LogP contribution in [0.4, 0.5) is 11.4 Å². The van der Waals surface area contributed by atoms with Gasteiger partial charge in [-0.1, -0.05) is 35.9 Å². The average Bonchev–Trinajstić information content (AvgIpc) is 2.72. The number of halogens is 1. The number of carbonyl (C=O) groups excluding carboxylic acids is 2. The van der Waals surface area contributed by atoms with Gasteiger partial charge in [0, 0.05) is 21.3 Å². The van der Waals surface area contributed by atoms with E-state index in [0.29, 0.717) is 22.1 Å². The van der Waals surface area contributed by atoms with E-state index in [0.717, 1.165) is 4.90 Å². The second kappa shape index (κ2) is 10.5. The molecule has 5 nitrogen and oxygen atoms in total. The summed E-state index contributed by atoms with van der Waals surface area (Å²) in [6.07, 6.45) is 0. The Bertz CT molecular complexity index is 965. The molecule has 0 aliphatic rings. The third kappa shape index (κ3) is 7.18. The minimum atomic E-state index is -0.241. The zero-order chi connectivity index (χ0) is 20.5. The van der Waals surface area contributed by atoms with Crippen LogP contribution in [0.1, 0.15) is 0 Å². The van der Waals surface area contributed by atoms with Gasteiger partial charge in [-0.2, -0.15) is 0 Å². The molecule has 0 fully saturated rings. The Hall–Kier alpha value is -2.96.